The summed E-state index contributed by atoms with van der Waals surface area (Å²) in [6.07, 6.45) is 5.62. The van der Waals surface area contributed by atoms with E-state index in [2.05, 4.69) is 25.7 Å². The SMILES string of the molecule is CCC(C)N(CC)C1CCCC(O)C1. The average molecular weight is 199 g/mol. The van der Waals surface area contributed by atoms with E-state index in [9.17, 15) is 5.11 Å². The van der Waals surface area contributed by atoms with Gasteiger partial charge in [0, 0.05) is 12.1 Å². The highest BCUT2D eigenvalue weighted by Crippen LogP contribution is 2.25. The molecule has 0 saturated heterocycles. The molecular formula is C12H25NO. The Kier molecular flexibility index (Phi) is 4.90. The van der Waals surface area contributed by atoms with E-state index in [0.717, 1.165) is 19.4 Å². The number of rotatable bonds is 4. The number of nitrogens with zero attached hydrogens (tertiary/aromatic N) is 1. The molecule has 1 aliphatic rings. The van der Waals surface area contributed by atoms with Crippen LogP contribution in [-0.2, 0) is 0 Å². The van der Waals surface area contributed by atoms with Crippen molar-refractivity contribution in [1.29, 1.82) is 0 Å². The lowest BCUT2D eigenvalue weighted by Crippen LogP contribution is -2.44. The van der Waals surface area contributed by atoms with Crippen LogP contribution >= 0.6 is 0 Å². The molecule has 3 unspecified atom stereocenters. The third kappa shape index (κ3) is 2.96. The molecule has 1 aliphatic carbocycles. The van der Waals surface area contributed by atoms with Crippen molar-refractivity contribution in [2.24, 2.45) is 0 Å². The van der Waals surface area contributed by atoms with Crippen LogP contribution in [-0.4, -0.2) is 34.7 Å². The van der Waals surface area contributed by atoms with Crippen LogP contribution in [0.4, 0.5) is 0 Å². The van der Waals surface area contributed by atoms with Crippen LogP contribution in [0.5, 0.6) is 0 Å². The summed E-state index contributed by atoms with van der Waals surface area (Å²) in [7, 11) is 0. The predicted molar refractivity (Wildman–Crippen MR) is 60.4 cm³/mol. The van der Waals surface area contributed by atoms with Crippen LogP contribution in [0.1, 0.15) is 52.9 Å². The fourth-order valence-corrected chi connectivity index (χ4v) is 2.60. The molecule has 0 bridgehead atoms. The van der Waals surface area contributed by atoms with Gasteiger partial charge in [0.2, 0.25) is 0 Å². The Hall–Kier alpha value is -0.0800. The van der Waals surface area contributed by atoms with E-state index in [1.54, 1.807) is 0 Å². The van der Waals surface area contributed by atoms with Gasteiger partial charge < -0.3 is 5.11 Å². The lowest BCUT2D eigenvalue weighted by molar-refractivity contribution is 0.0458. The van der Waals surface area contributed by atoms with Gasteiger partial charge in [0.05, 0.1) is 6.10 Å². The molecule has 0 spiro atoms. The van der Waals surface area contributed by atoms with E-state index in [0.29, 0.717) is 12.1 Å². The van der Waals surface area contributed by atoms with Gasteiger partial charge in [-0.2, -0.15) is 0 Å². The number of hydrogen-bond donors (Lipinski definition) is 1. The zero-order chi connectivity index (χ0) is 10.6. The van der Waals surface area contributed by atoms with Crippen LogP contribution in [0, 0.1) is 0 Å². The highest BCUT2D eigenvalue weighted by molar-refractivity contribution is 4.82. The van der Waals surface area contributed by atoms with Crippen LogP contribution in [0.25, 0.3) is 0 Å². The summed E-state index contributed by atoms with van der Waals surface area (Å²) in [4.78, 5) is 2.56. The Morgan fingerprint density at radius 1 is 1.36 bits per heavy atom. The van der Waals surface area contributed by atoms with Gasteiger partial charge in [0.25, 0.3) is 0 Å². The van der Waals surface area contributed by atoms with E-state index in [-0.39, 0.29) is 6.10 Å². The second kappa shape index (κ2) is 5.72. The van der Waals surface area contributed by atoms with E-state index >= 15 is 0 Å². The maximum absolute atomic E-state index is 9.65. The normalized spacial score (nSPS) is 30.6. The summed E-state index contributed by atoms with van der Waals surface area (Å²) < 4.78 is 0. The first-order valence-electron chi connectivity index (χ1n) is 6.12. The van der Waals surface area contributed by atoms with Gasteiger partial charge in [-0.05, 0) is 45.6 Å². The predicted octanol–water partition coefficient (Wildman–Crippen LogP) is 2.41. The van der Waals surface area contributed by atoms with E-state index in [4.69, 9.17) is 0 Å². The van der Waals surface area contributed by atoms with Gasteiger partial charge in [-0.25, -0.2) is 0 Å². The van der Waals surface area contributed by atoms with Crippen molar-refractivity contribution >= 4 is 0 Å². The van der Waals surface area contributed by atoms with Crippen LogP contribution in [0.3, 0.4) is 0 Å². The Morgan fingerprint density at radius 3 is 2.57 bits per heavy atom. The fraction of sp³-hybridized carbons (Fsp3) is 1.00. The van der Waals surface area contributed by atoms with Gasteiger partial charge >= 0.3 is 0 Å². The highest BCUT2D eigenvalue weighted by Gasteiger charge is 2.26. The molecule has 0 aromatic rings. The molecule has 1 fully saturated rings. The first-order valence-corrected chi connectivity index (χ1v) is 6.12. The maximum atomic E-state index is 9.65. The molecule has 2 nitrogen and oxygen atoms in total. The Bertz CT molecular complexity index is 160. The van der Waals surface area contributed by atoms with E-state index < -0.39 is 0 Å². The molecular weight excluding hydrogens is 174 g/mol. The van der Waals surface area contributed by atoms with Gasteiger partial charge in [0.1, 0.15) is 0 Å². The van der Waals surface area contributed by atoms with Crippen molar-refractivity contribution in [1.82, 2.24) is 4.90 Å². The molecule has 0 heterocycles. The topological polar surface area (TPSA) is 23.5 Å². The molecule has 3 atom stereocenters. The lowest BCUT2D eigenvalue weighted by Gasteiger charge is -2.39. The van der Waals surface area contributed by atoms with Crippen molar-refractivity contribution in [3.8, 4) is 0 Å². The summed E-state index contributed by atoms with van der Waals surface area (Å²) >= 11 is 0. The molecule has 1 N–H and O–H groups in total. The molecule has 2 heteroatoms. The van der Waals surface area contributed by atoms with Crippen molar-refractivity contribution in [2.45, 2.75) is 71.1 Å². The average Bonchev–Trinajstić information content (AvgIpc) is 2.19. The first kappa shape index (κ1) is 12.0. The van der Waals surface area contributed by atoms with Crippen LogP contribution in [0.15, 0.2) is 0 Å². The Balaban J connectivity index is 2.50. The van der Waals surface area contributed by atoms with Crippen LogP contribution in [0.2, 0.25) is 0 Å². The zero-order valence-electron chi connectivity index (χ0n) is 9.87. The van der Waals surface area contributed by atoms with Gasteiger partial charge in [-0.1, -0.05) is 13.8 Å². The molecule has 14 heavy (non-hydrogen) atoms. The molecule has 0 amide bonds. The lowest BCUT2D eigenvalue weighted by atomic mass is 9.91. The second-order valence-corrected chi connectivity index (χ2v) is 4.56. The zero-order valence-corrected chi connectivity index (χ0v) is 9.87. The minimum absolute atomic E-state index is 0.0492. The number of aliphatic hydroxyl groups excluding tert-OH is 1. The highest BCUT2D eigenvalue weighted by atomic mass is 16.3. The third-order valence-electron chi connectivity index (χ3n) is 3.61. The fourth-order valence-electron chi connectivity index (χ4n) is 2.60. The molecule has 0 aromatic heterocycles. The molecule has 1 rings (SSSR count). The molecule has 84 valence electrons. The van der Waals surface area contributed by atoms with Gasteiger partial charge in [-0.3, -0.25) is 4.90 Å². The summed E-state index contributed by atoms with van der Waals surface area (Å²) in [5.74, 6) is 0. The Labute approximate surface area is 88.3 Å². The van der Waals surface area contributed by atoms with Crippen molar-refractivity contribution in [3.05, 3.63) is 0 Å². The van der Waals surface area contributed by atoms with E-state index in [1.807, 2.05) is 0 Å². The maximum Gasteiger partial charge on any atom is 0.0555 e. The van der Waals surface area contributed by atoms with E-state index in [1.165, 1.54) is 19.3 Å². The van der Waals surface area contributed by atoms with Crippen LogP contribution < -0.4 is 0 Å². The molecule has 0 aliphatic heterocycles. The minimum Gasteiger partial charge on any atom is -0.393 e. The molecule has 0 radical (unpaired) electrons. The van der Waals surface area contributed by atoms with Crippen molar-refractivity contribution in [2.75, 3.05) is 6.54 Å². The summed E-state index contributed by atoms with van der Waals surface area (Å²) in [5, 5.41) is 9.65. The summed E-state index contributed by atoms with van der Waals surface area (Å²) in [6.45, 7) is 7.89. The summed E-state index contributed by atoms with van der Waals surface area (Å²) in [5.41, 5.74) is 0. The molecule has 0 aromatic carbocycles. The summed E-state index contributed by atoms with van der Waals surface area (Å²) in [6, 6.07) is 1.29. The Morgan fingerprint density at radius 2 is 2.07 bits per heavy atom. The standard InChI is InChI=1S/C12H25NO/c1-4-10(3)13(5-2)11-7-6-8-12(14)9-11/h10-12,14H,4-9H2,1-3H3. The largest absolute Gasteiger partial charge is 0.393 e. The molecule has 1 saturated carbocycles. The number of hydrogen-bond acceptors (Lipinski definition) is 2. The smallest absolute Gasteiger partial charge is 0.0555 e. The third-order valence-corrected chi connectivity index (χ3v) is 3.61. The van der Waals surface area contributed by atoms with Gasteiger partial charge in [0.15, 0.2) is 0 Å². The quantitative estimate of drug-likeness (QED) is 0.751. The monoisotopic (exact) mass is 199 g/mol. The van der Waals surface area contributed by atoms with Crippen molar-refractivity contribution in [3.63, 3.8) is 0 Å². The van der Waals surface area contributed by atoms with Gasteiger partial charge in [-0.15, -0.1) is 0 Å². The second-order valence-electron chi connectivity index (χ2n) is 4.56. The number of aliphatic hydroxyl groups is 1. The van der Waals surface area contributed by atoms with Crippen molar-refractivity contribution < 1.29 is 5.11 Å². The minimum atomic E-state index is -0.0492. The first-order chi connectivity index (χ1) is 6.69.